The first kappa shape index (κ1) is 20.5. The maximum absolute atomic E-state index is 13.2. The molecule has 1 aliphatic heterocycles. The third-order valence-corrected chi connectivity index (χ3v) is 5.45. The van der Waals surface area contributed by atoms with Crippen LogP contribution in [0.5, 0.6) is 0 Å². The Labute approximate surface area is 162 Å². The summed E-state index contributed by atoms with van der Waals surface area (Å²) in [4.78, 5) is 27.9. The Kier molecular flexibility index (Phi) is 5.86. The highest BCUT2D eigenvalue weighted by molar-refractivity contribution is 6.04. The van der Waals surface area contributed by atoms with Gasteiger partial charge in [-0.3, -0.25) is 9.69 Å². The van der Waals surface area contributed by atoms with Crippen LogP contribution in [0.15, 0.2) is 24.3 Å². The Balaban J connectivity index is 1.99. The van der Waals surface area contributed by atoms with E-state index < -0.39 is 30.6 Å². The maximum Gasteiger partial charge on any atom is 0.414 e. The molecule has 1 aromatic carbocycles. The molecule has 28 heavy (non-hydrogen) atoms. The molecular weight excluding hydrogens is 373 g/mol. The Morgan fingerprint density at radius 3 is 2.46 bits per heavy atom. The van der Waals surface area contributed by atoms with Gasteiger partial charge >= 0.3 is 12.3 Å². The van der Waals surface area contributed by atoms with Gasteiger partial charge in [0.25, 0.3) is 0 Å². The van der Waals surface area contributed by atoms with E-state index in [0.29, 0.717) is 18.9 Å². The van der Waals surface area contributed by atoms with Gasteiger partial charge in [0, 0.05) is 6.54 Å². The summed E-state index contributed by atoms with van der Waals surface area (Å²) >= 11 is 0. The number of amides is 2. The molecule has 1 heterocycles. The molecule has 1 unspecified atom stereocenters. The van der Waals surface area contributed by atoms with Crippen LogP contribution >= 0.6 is 0 Å². The van der Waals surface area contributed by atoms with Gasteiger partial charge in [0.15, 0.2) is 0 Å². The van der Waals surface area contributed by atoms with Crippen LogP contribution in [0, 0.1) is 17.8 Å². The summed E-state index contributed by atoms with van der Waals surface area (Å²) < 4.78 is 45.1. The second kappa shape index (κ2) is 8.01. The molecule has 1 aromatic rings. The summed E-state index contributed by atoms with van der Waals surface area (Å²) in [6.07, 6.45) is -2.54. The van der Waals surface area contributed by atoms with E-state index in [1.54, 1.807) is 18.2 Å². The van der Waals surface area contributed by atoms with Crippen LogP contribution in [-0.2, 0) is 9.53 Å². The predicted molar refractivity (Wildman–Crippen MR) is 99.2 cm³/mol. The normalized spacial score (nSPS) is 21.2. The van der Waals surface area contributed by atoms with E-state index in [9.17, 15) is 22.8 Å². The third-order valence-electron chi connectivity index (χ3n) is 5.45. The van der Waals surface area contributed by atoms with Gasteiger partial charge in [0.05, 0.1) is 23.9 Å². The number of hydrogen-bond donors (Lipinski definition) is 0. The molecule has 2 amide bonds. The van der Waals surface area contributed by atoms with Crippen molar-refractivity contribution >= 4 is 23.4 Å². The number of para-hydroxylation sites is 2. The van der Waals surface area contributed by atoms with Crippen LogP contribution in [0.1, 0.15) is 33.1 Å². The largest absolute Gasteiger partial charge is 0.449 e. The molecule has 154 valence electrons. The molecule has 0 aromatic heterocycles. The van der Waals surface area contributed by atoms with Crippen LogP contribution in [0.25, 0.3) is 0 Å². The van der Waals surface area contributed by atoms with Gasteiger partial charge in [-0.2, -0.15) is 13.2 Å². The van der Waals surface area contributed by atoms with Crippen molar-refractivity contribution in [3.05, 3.63) is 24.3 Å². The summed E-state index contributed by atoms with van der Waals surface area (Å²) in [6.45, 7) is 2.60. The van der Waals surface area contributed by atoms with Crippen LogP contribution < -0.4 is 9.80 Å². The monoisotopic (exact) mass is 398 g/mol. The Bertz CT molecular complexity index is 734. The first-order chi connectivity index (χ1) is 13.2. The standard InChI is InChI=1S/C20H25F3N2O3/c1-3-13(2)15-10-24(19(27)28-11-14-8-9-14)16-6-4-5-7-17(16)25(18(15)26)12-20(21,22)23/h4-7,13-15H,3,8-12H2,1-2H3/t13?,15-/m1/s1. The first-order valence-electron chi connectivity index (χ1n) is 9.62. The molecule has 0 N–H and O–H groups in total. The van der Waals surface area contributed by atoms with Crippen LogP contribution in [-0.4, -0.2) is 37.9 Å². The number of ether oxygens (including phenoxy) is 1. The van der Waals surface area contributed by atoms with Gasteiger partial charge in [-0.1, -0.05) is 32.4 Å². The van der Waals surface area contributed by atoms with Crippen molar-refractivity contribution in [3.8, 4) is 0 Å². The van der Waals surface area contributed by atoms with Gasteiger partial charge < -0.3 is 9.64 Å². The lowest BCUT2D eigenvalue weighted by Gasteiger charge is -2.28. The fourth-order valence-corrected chi connectivity index (χ4v) is 3.39. The Morgan fingerprint density at radius 1 is 1.25 bits per heavy atom. The minimum atomic E-state index is -4.55. The number of carbonyl (C=O) groups is 2. The number of carbonyl (C=O) groups excluding carboxylic acids is 2. The zero-order valence-electron chi connectivity index (χ0n) is 16.0. The summed E-state index contributed by atoms with van der Waals surface area (Å²) in [6, 6.07) is 6.20. The summed E-state index contributed by atoms with van der Waals surface area (Å²) in [5.41, 5.74) is 0.353. The second-order valence-corrected chi connectivity index (χ2v) is 7.65. The molecular formula is C20H25F3N2O3. The SMILES string of the molecule is CCC(C)[C@H]1CN(C(=O)OCC2CC2)c2ccccc2N(CC(F)(F)F)C1=O. The predicted octanol–water partition coefficient (Wildman–Crippen LogP) is 4.61. The van der Waals surface area contributed by atoms with Crippen molar-refractivity contribution in [3.63, 3.8) is 0 Å². The van der Waals surface area contributed by atoms with Crippen molar-refractivity contribution < 1.29 is 27.5 Å². The van der Waals surface area contributed by atoms with E-state index in [-0.39, 0.29) is 23.8 Å². The number of halogens is 3. The second-order valence-electron chi connectivity index (χ2n) is 7.65. The van der Waals surface area contributed by atoms with E-state index in [1.165, 1.54) is 11.0 Å². The lowest BCUT2D eigenvalue weighted by molar-refractivity contribution is -0.135. The molecule has 0 radical (unpaired) electrons. The fraction of sp³-hybridized carbons (Fsp3) is 0.600. The Hall–Kier alpha value is -2.25. The molecule has 3 rings (SSSR count). The highest BCUT2D eigenvalue weighted by Crippen LogP contribution is 2.38. The van der Waals surface area contributed by atoms with E-state index in [1.807, 2.05) is 13.8 Å². The summed E-state index contributed by atoms with van der Waals surface area (Å²) in [7, 11) is 0. The maximum atomic E-state index is 13.2. The molecule has 2 aliphatic rings. The topological polar surface area (TPSA) is 49.9 Å². The van der Waals surface area contributed by atoms with Crippen molar-refractivity contribution in [1.82, 2.24) is 0 Å². The summed E-state index contributed by atoms with van der Waals surface area (Å²) in [5, 5.41) is 0. The number of hydrogen-bond acceptors (Lipinski definition) is 3. The molecule has 2 atom stereocenters. The first-order valence-corrected chi connectivity index (χ1v) is 9.62. The lowest BCUT2D eigenvalue weighted by atomic mass is 9.90. The molecule has 1 saturated carbocycles. The van der Waals surface area contributed by atoms with Gasteiger partial charge in [0.1, 0.15) is 6.54 Å². The van der Waals surface area contributed by atoms with Crippen LogP contribution in [0.2, 0.25) is 0 Å². The van der Waals surface area contributed by atoms with Crippen molar-refractivity contribution in [1.29, 1.82) is 0 Å². The highest BCUT2D eigenvalue weighted by atomic mass is 19.4. The minimum absolute atomic E-state index is 0.00269. The van der Waals surface area contributed by atoms with E-state index in [0.717, 1.165) is 17.7 Å². The van der Waals surface area contributed by atoms with E-state index in [4.69, 9.17) is 4.74 Å². The van der Waals surface area contributed by atoms with Crippen molar-refractivity contribution in [2.45, 2.75) is 39.3 Å². The average molecular weight is 398 g/mol. The zero-order valence-corrected chi connectivity index (χ0v) is 16.0. The highest BCUT2D eigenvalue weighted by Gasteiger charge is 2.43. The van der Waals surface area contributed by atoms with Crippen LogP contribution in [0.4, 0.5) is 29.3 Å². The Morgan fingerprint density at radius 2 is 1.89 bits per heavy atom. The smallest absolute Gasteiger partial charge is 0.414 e. The molecule has 1 fully saturated rings. The molecule has 5 nitrogen and oxygen atoms in total. The number of nitrogens with zero attached hydrogens (tertiary/aromatic N) is 2. The summed E-state index contributed by atoms with van der Waals surface area (Å²) in [5.74, 6) is -1.18. The van der Waals surface area contributed by atoms with Crippen molar-refractivity contribution in [2.75, 3.05) is 29.5 Å². The lowest BCUT2D eigenvalue weighted by Crippen LogP contribution is -2.45. The van der Waals surface area contributed by atoms with E-state index in [2.05, 4.69) is 0 Å². The molecule has 8 heteroatoms. The van der Waals surface area contributed by atoms with Gasteiger partial charge in [0.2, 0.25) is 5.91 Å². The molecule has 0 saturated heterocycles. The number of rotatable bonds is 5. The average Bonchev–Trinajstić information content (AvgIpc) is 3.48. The quantitative estimate of drug-likeness (QED) is 0.728. The van der Waals surface area contributed by atoms with Gasteiger partial charge in [-0.25, -0.2) is 4.79 Å². The minimum Gasteiger partial charge on any atom is -0.449 e. The third kappa shape index (κ3) is 4.59. The van der Waals surface area contributed by atoms with Gasteiger partial charge in [-0.05, 0) is 36.8 Å². The van der Waals surface area contributed by atoms with Gasteiger partial charge in [-0.15, -0.1) is 0 Å². The molecule has 0 spiro atoms. The van der Waals surface area contributed by atoms with Crippen molar-refractivity contribution in [2.24, 2.45) is 17.8 Å². The number of anilines is 2. The van der Waals surface area contributed by atoms with E-state index >= 15 is 0 Å². The number of fused-ring (bicyclic) bond motifs is 1. The molecule has 1 aliphatic carbocycles. The zero-order chi connectivity index (χ0) is 20.5. The molecule has 0 bridgehead atoms. The number of alkyl halides is 3. The number of benzene rings is 1. The fourth-order valence-electron chi connectivity index (χ4n) is 3.39. The van der Waals surface area contributed by atoms with Crippen LogP contribution in [0.3, 0.4) is 0 Å².